The molecule has 9 heteroatoms. The molecule has 0 spiro atoms. The molecule has 3 N–H and O–H groups in total. The van der Waals surface area contributed by atoms with Crippen molar-refractivity contribution >= 4 is 29.6 Å². The molecule has 2 atom stereocenters. The number of hydrogen-bond donors (Lipinski definition) is 3. The van der Waals surface area contributed by atoms with Gasteiger partial charge in [-0.3, -0.25) is 24.5 Å². The quantitative estimate of drug-likeness (QED) is 0.622. The first-order valence-corrected chi connectivity index (χ1v) is 9.00. The summed E-state index contributed by atoms with van der Waals surface area (Å²) >= 11 is 0. The zero-order valence-corrected chi connectivity index (χ0v) is 15.5. The van der Waals surface area contributed by atoms with Crippen molar-refractivity contribution in [2.24, 2.45) is 5.92 Å². The summed E-state index contributed by atoms with van der Waals surface area (Å²) in [4.78, 5) is 61.3. The highest BCUT2D eigenvalue weighted by atomic mass is 16.4. The van der Waals surface area contributed by atoms with Crippen LogP contribution in [0.1, 0.15) is 53.0 Å². The van der Waals surface area contributed by atoms with Gasteiger partial charge in [-0.15, -0.1) is 0 Å². The van der Waals surface area contributed by atoms with Crippen molar-refractivity contribution in [2.75, 3.05) is 0 Å². The number of carbonyl (C=O) groups is 5. The molecule has 3 rings (SSSR count). The lowest BCUT2D eigenvalue weighted by molar-refractivity contribution is -0.140. The summed E-state index contributed by atoms with van der Waals surface area (Å²) in [6.07, 6.45) is 0.419. The van der Waals surface area contributed by atoms with Gasteiger partial charge in [0.25, 0.3) is 11.8 Å². The predicted molar refractivity (Wildman–Crippen MR) is 96.2 cm³/mol. The number of rotatable bonds is 5. The highest BCUT2D eigenvalue weighted by Gasteiger charge is 2.39. The second-order valence-electron chi connectivity index (χ2n) is 7.31. The molecule has 148 valence electrons. The summed E-state index contributed by atoms with van der Waals surface area (Å²) in [5.41, 5.74) is 1.14. The van der Waals surface area contributed by atoms with E-state index in [1.807, 2.05) is 0 Å². The van der Waals surface area contributed by atoms with Crippen LogP contribution in [0.15, 0.2) is 18.2 Å². The number of carbonyl (C=O) groups excluding carboxylic acids is 4. The lowest BCUT2D eigenvalue weighted by Gasteiger charge is -2.29. The summed E-state index contributed by atoms with van der Waals surface area (Å²) in [5.74, 6) is -3.28. The maximum Gasteiger partial charge on any atom is 0.326 e. The average molecular weight is 387 g/mol. The molecular formula is C19H21N3O6. The van der Waals surface area contributed by atoms with Crippen LogP contribution in [0.4, 0.5) is 0 Å². The number of hydrogen-bond acceptors (Lipinski definition) is 5. The Morgan fingerprint density at radius 2 is 1.96 bits per heavy atom. The van der Waals surface area contributed by atoms with Crippen LogP contribution in [0.5, 0.6) is 0 Å². The predicted octanol–water partition coefficient (Wildman–Crippen LogP) is 0.287. The number of carboxylic acid groups (broad SMARTS) is 1. The molecular weight excluding hydrogens is 366 g/mol. The number of benzene rings is 1. The second-order valence-corrected chi connectivity index (χ2v) is 7.31. The maximum atomic E-state index is 12.8. The summed E-state index contributed by atoms with van der Waals surface area (Å²) in [5, 5.41) is 13.9. The molecule has 0 saturated carbocycles. The number of nitrogens with zero attached hydrogens (tertiary/aromatic N) is 1. The Kier molecular flexibility index (Phi) is 5.17. The van der Waals surface area contributed by atoms with Gasteiger partial charge in [-0.05, 0) is 30.0 Å². The van der Waals surface area contributed by atoms with E-state index in [2.05, 4.69) is 10.6 Å². The highest BCUT2D eigenvalue weighted by Crippen LogP contribution is 2.28. The Bertz CT molecular complexity index is 878. The van der Waals surface area contributed by atoms with Crippen LogP contribution < -0.4 is 10.6 Å². The van der Waals surface area contributed by atoms with Crippen molar-refractivity contribution in [1.29, 1.82) is 0 Å². The minimum atomic E-state index is -1.13. The lowest BCUT2D eigenvalue weighted by atomic mass is 10.0. The first-order valence-electron chi connectivity index (χ1n) is 9.00. The molecule has 4 amide bonds. The molecule has 0 aliphatic carbocycles. The summed E-state index contributed by atoms with van der Waals surface area (Å²) < 4.78 is 0. The van der Waals surface area contributed by atoms with Crippen LogP contribution >= 0.6 is 0 Å². The second kappa shape index (κ2) is 7.41. The summed E-state index contributed by atoms with van der Waals surface area (Å²) in [6.45, 7) is 3.58. The Morgan fingerprint density at radius 1 is 1.25 bits per heavy atom. The summed E-state index contributed by atoms with van der Waals surface area (Å²) in [6, 6.07) is 2.79. The zero-order chi connectivity index (χ0) is 20.6. The van der Waals surface area contributed by atoms with Crippen molar-refractivity contribution in [3.8, 4) is 0 Å². The third-order valence-corrected chi connectivity index (χ3v) is 5.01. The van der Waals surface area contributed by atoms with E-state index >= 15 is 0 Å². The van der Waals surface area contributed by atoms with Gasteiger partial charge in [-0.25, -0.2) is 4.79 Å². The van der Waals surface area contributed by atoms with Crippen LogP contribution in [0, 0.1) is 5.92 Å². The molecule has 0 bridgehead atoms. The maximum absolute atomic E-state index is 12.8. The zero-order valence-electron chi connectivity index (χ0n) is 15.5. The van der Waals surface area contributed by atoms with Crippen LogP contribution in [-0.4, -0.2) is 51.7 Å². The van der Waals surface area contributed by atoms with Crippen LogP contribution in [0.3, 0.4) is 0 Å². The van der Waals surface area contributed by atoms with Crippen LogP contribution in [0.2, 0.25) is 0 Å². The van der Waals surface area contributed by atoms with Gasteiger partial charge in [0.15, 0.2) is 0 Å². The molecule has 2 aliphatic heterocycles. The van der Waals surface area contributed by atoms with E-state index in [9.17, 15) is 29.1 Å². The van der Waals surface area contributed by atoms with Gasteiger partial charge < -0.3 is 15.3 Å². The van der Waals surface area contributed by atoms with E-state index in [-0.39, 0.29) is 36.8 Å². The highest BCUT2D eigenvalue weighted by molar-refractivity contribution is 6.06. The monoisotopic (exact) mass is 387 g/mol. The van der Waals surface area contributed by atoms with E-state index < -0.39 is 35.8 Å². The van der Waals surface area contributed by atoms with Crippen LogP contribution in [0.25, 0.3) is 0 Å². The van der Waals surface area contributed by atoms with Gasteiger partial charge in [0, 0.05) is 24.1 Å². The molecule has 1 saturated heterocycles. The fourth-order valence-electron chi connectivity index (χ4n) is 3.43. The lowest BCUT2D eigenvalue weighted by Crippen LogP contribution is -2.52. The standard InChI is InChI=1S/C19H21N3O6/c1-9(2)15(19(27)28)21-16(24)10-3-4-11-8-22(18(26)12(11)7-10)13-5-6-14(23)20-17(13)25/h3-4,7,9,13,15H,5-6,8H2,1-2H3,(H,21,24)(H,27,28)(H,20,23,25)/t13?,15-/m1/s1. The number of nitrogens with one attached hydrogen (secondary N) is 2. The third kappa shape index (κ3) is 3.60. The number of fused-ring (bicyclic) bond motifs is 1. The van der Waals surface area contributed by atoms with Gasteiger partial charge in [-0.2, -0.15) is 0 Å². The largest absolute Gasteiger partial charge is 0.480 e. The molecule has 1 fully saturated rings. The summed E-state index contributed by atoms with van der Waals surface area (Å²) in [7, 11) is 0. The first-order chi connectivity index (χ1) is 13.2. The normalized spacial score (nSPS) is 20.0. The SMILES string of the molecule is CC(C)[C@@H](NC(=O)c1ccc2c(c1)C(=O)N(C1CCC(=O)NC1=O)C2)C(=O)O. The Labute approximate surface area is 161 Å². The van der Waals surface area contributed by atoms with Gasteiger partial charge >= 0.3 is 5.97 Å². The fourth-order valence-corrected chi connectivity index (χ4v) is 3.43. The average Bonchev–Trinajstić information content (AvgIpc) is 2.95. The third-order valence-electron chi connectivity index (χ3n) is 5.01. The number of amides is 4. The molecule has 0 aromatic heterocycles. The first kappa shape index (κ1) is 19.5. The topological polar surface area (TPSA) is 133 Å². The fraction of sp³-hybridized carbons (Fsp3) is 0.421. The van der Waals surface area contributed by atoms with Gasteiger partial charge in [0.1, 0.15) is 12.1 Å². The van der Waals surface area contributed by atoms with E-state index in [1.165, 1.54) is 17.0 Å². The van der Waals surface area contributed by atoms with E-state index in [1.54, 1.807) is 19.9 Å². The number of aliphatic carboxylic acids is 1. The van der Waals surface area contributed by atoms with Crippen molar-refractivity contribution in [2.45, 2.75) is 45.3 Å². The molecule has 0 radical (unpaired) electrons. The molecule has 2 aliphatic rings. The number of imide groups is 1. The molecule has 1 aromatic carbocycles. The van der Waals surface area contributed by atoms with Crippen molar-refractivity contribution in [3.63, 3.8) is 0 Å². The molecule has 2 heterocycles. The van der Waals surface area contributed by atoms with Crippen molar-refractivity contribution in [1.82, 2.24) is 15.5 Å². The molecule has 1 unspecified atom stereocenters. The van der Waals surface area contributed by atoms with Gasteiger partial charge in [0.05, 0.1) is 0 Å². The van der Waals surface area contributed by atoms with E-state index in [0.717, 1.165) is 0 Å². The minimum Gasteiger partial charge on any atom is -0.480 e. The minimum absolute atomic E-state index is 0.163. The van der Waals surface area contributed by atoms with E-state index in [4.69, 9.17) is 0 Å². The number of piperidine rings is 1. The Balaban J connectivity index is 1.78. The molecule has 1 aromatic rings. The van der Waals surface area contributed by atoms with Crippen molar-refractivity contribution in [3.05, 3.63) is 34.9 Å². The number of carboxylic acids is 1. The van der Waals surface area contributed by atoms with Crippen molar-refractivity contribution < 1.29 is 29.1 Å². The molecule has 28 heavy (non-hydrogen) atoms. The smallest absolute Gasteiger partial charge is 0.326 e. The Morgan fingerprint density at radius 3 is 2.57 bits per heavy atom. The molecule has 9 nitrogen and oxygen atoms in total. The van der Waals surface area contributed by atoms with Gasteiger partial charge in [0.2, 0.25) is 11.8 Å². The van der Waals surface area contributed by atoms with E-state index in [0.29, 0.717) is 11.1 Å². The Hall–Kier alpha value is -3.23. The van der Waals surface area contributed by atoms with Crippen LogP contribution in [-0.2, 0) is 20.9 Å². The van der Waals surface area contributed by atoms with Gasteiger partial charge in [-0.1, -0.05) is 19.9 Å².